The van der Waals surface area contributed by atoms with Gasteiger partial charge in [0.1, 0.15) is 0 Å². The lowest BCUT2D eigenvalue weighted by molar-refractivity contribution is -0.138. The molecule has 1 amide bonds. The van der Waals surface area contributed by atoms with Gasteiger partial charge in [-0.2, -0.15) is 0 Å². The van der Waals surface area contributed by atoms with Crippen LogP contribution in [0.4, 0.5) is 5.69 Å². The zero-order valence-electron chi connectivity index (χ0n) is 14.8. The first-order chi connectivity index (χ1) is 12.9. The summed E-state index contributed by atoms with van der Waals surface area (Å²) in [7, 11) is 0. The number of allylic oxidation sites excluding steroid dienone is 1. The minimum Gasteiger partial charge on any atom is -0.462 e. The average Bonchev–Trinajstić information content (AvgIpc) is 2.86. The SMILES string of the molecule is CCOC(=O)C1=C(C)N(c2ccc(Br)cc2)C(=O)C1=Cc1cccc(Br)c1. The summed E-state index contributed by atoms with van der Waals surface area (Å²) in [6, 6.07) is 14.9. The van der Waals surface area contributed by atoms with E-state index in [1.807, 2.05) is 48.5 Å². The molecule has 1 aliphatic heterocycles. The number of esters is 1. The van der Waals surface area contributed by atoms with Gasteiger partial charge in [-0.05, 0) is 61.9 Å². The monoisotopic (exact) mass is 489 g/mol. The summed E-state index contributed by atoms with van der Waals surface area (Å²) in [4.78, 5) is 27.3. The standard InChI is InChI=1S/C21H17Br2NO3/c1-3-27-21(26)19-13(2)24(17-9-7-15(22)8-10-17)20(25)18(19)12-14-5-4-6-16(23)11-14/h4-12H,3H2,1-2H3. The highest BCUT2D eigenvalue weighted by Gasteiger charge is 2.38. The number of hydrogen-bond acceptors (Lipinski definition) is 3. The second-order valence-electron chi connectivity index (χ2n) is 5.91. The number of hydrogen-bond donors (Lipinski definition) is 0. The minimum absolute atomic E-state index is 0.242. The third kappa shape index (κ3) is 4.06. The first-order valence-corrected chi connectivity index (χ1v) is 9.96. The van der Waals surface area contributed by atoms with Crippen molar-refractivity contribution in [3.63, 3.8) is 0 Å². The van der Waals surface area contributed by atoms with Crippen LogP contribution < -0.4 is 4.90 Å². The van der Waals surface area contributed by atoms with Gasteiger partial charge >= 0.3 is 5.97 Å². The molecule has 2 aromatic carbocycles. The van der Waals surface area contributed by atoms with E-state index in [0.29, 0.717) is 22.5 Å². The predicted octanol–water partition coefficient (Wildman–Crippen LogP) is 5.48. The molecule has 2 aromatic rings. The van der Waals surface area contributed by atoms with Crippen molar-refractivity contribution in [2.24, 2.45) is 0 Å². The Hall–Kier alpha value is -2.18. The van der Waals surface area contributed by atoms with Crippen molar-refractivity contribution < 1.29 is 14.3 Å². The number of anilines is 1. The smallest absolute Gasteiger partial charge is 0.340 e. The maximum atomic E-state index is 13.2. The molecule has 0 saturated carbocycles. The Labute approximate surface area is 174 Å². The van der Waals surface area contributed by atoms with Gasteiger partial charge in [0.05, 0.1) is 17.8 Å². The average molecular weight is 491 g/mol. The Bertz CT molecular complexity index is 962. The van der Waals surface area contributed by atoms with Crippen molar-refractivity contribution in [1.82, 2.24) is 0 Å². The van der Waals surface area contributed by atoms with Crippen molar-refractivity contribution in [1.29, 1.82) is 0 Å². The van der Waals surface area contributed by atoms with E-state index >= 15 is 0 Å². The Morgan fingerprint density at radius 2 is 1.81 bits per heavy atom. The molecule has 0 aromatic heterocycles. The molecule has 0 saturated heterocycles. The van der Waals surface area contributed by atoms with E-state index < -0.39 is 5.97 Å². The summed E-state index contributed by atoms with van der Waals surface area (Å²) in [6.07, 6.45) is 1.72. The maximum Gasteiger partial charge on any atom is 0.340 e. The first-order valence-electron chi connectivity index (χ1n) is 8.38. The van der Waals surface area contributed by atoms with Gasteiger partial charge in [0.25, 0.3) is 5.91 Å². The predicted molar refractivity (Wildman–Crippen MR) is 113 cm³/mol. The highest BCUT2D eigenvalue weighted by molar-refractivity contribution is 9.10. The zero-order chi connectivity index (χ0) is 19.6. The fourth-order valence-corrected chi connectivity index (χ4v) is 3.63. The maximum absolute atomic E-state index is 13.2. The Morgan fingerprint density at radius 1 is 1.11 bits per heavy atom. The van der Waals surface area contributed by atoms with Gasteiger partial charge in [0.15, 0.2) is 0 Å². The van der Waals surface area contributed by atoms with Gasteiger partial charge in [-0.25, -0.2) is 4.79 Å². The molecule has 0 bridgehead atoms. The van der Waals surface area contributed by atoms with Crippen molar-refractivity contribution in [2.45, 2.75) is 13.8 Å². The third-order valence-corrected chi connectivity index (χ3v) is 5.15. The van der Waals surface area contributed by atoms with Gasteiger partial charge in [-0.1, -0.05) is 44.0 Å². The van der Waals surface area contributed by atoms with Crippen LogP contribution in [0.25, 0.3) is 6.08 Å². The molecule has 1 heterocycles. The number of nitrogens with zero attached hydrogens (tertiary/aromatic N) is 1. The van der Waals surface area contributed by atoms with Crippen LogP contribution in [-0.2, 0) is 14.3 Å². The molecule has 0 unspecified atom stereocenters. The highest BCUT2D eigenvalue weighted by Crippen LogP contribution is 2.36. The molecular formula is C21H17Br2NO3. The van der Waals surface area contributed by atoms with Crippen LogP contribution >= 0.6 is 31.9 Å². The van der Waals surface area contributed by atoms with Crippen molar-refractivity contribution in [3.05, 3.63) is 79.9 Å². The summed E-state index contributed by atoms with van der Waals surface area (Å²) in [6.45, 7) is 3.74. The lowest BCUT2D eigenvalue weighted by atomic mass is 10.0. The van der Waals surface area contributed by atoms with Crippen molar-refractivity contribution in [2.75, 3.05) is 11.5 Å². The number of ether oxygens (including phenoxy) is 1. The van der Waals surface area contributed by atoms with Crippen LogP contribution in [0.2, 0.25) is 0 Å². The van der Waals surface area contributed by atoms with Gasteiger partial charge in [0.2, 0.25) is 0 Å². The van der Waals surface area contributed by atoms with Crippen LogP contribution in [0.15, 0.2) is 74.3 Å². The lowest BCUT2D eigenvalue weighted by Gasteiger charge is -2.18. The van der Waals surface area contributed by atoms with E-state index in [0.717, 1.165) is 14.5 Å². The second-order valence-corrected chi connectivity index (χ2v) is 7.74. The molecule has 0 aliphatic carbocycles. The molecule has 27 heavy (non-hydrogen) atoms. The first kappa shape index (κ1) is 19.6. The minimum atomic E-state index is -0.496. The highest BCUT2D eigenvalue weighted by atomic mass is 79.9. The van der Waals surface area contributed by atoms with E-state index in [-0.39, 0.29) is 12.5 Å². The molecule has 138 valence electrons. The molecule has 0 N–H and O–H groups in total. The molecule has 6 heteroatoms. The molecule has 1 aliphatic rings. The van der Waals surface area contributed by atoms with Gasteiger partial charge in [0, 0.05) is 20.3 Å². The van der Waals surface area contributed by atoms with Crippen LogP contribution in [0.3, 0.4) is 0 Å². The van der Waals surface area contributed by atoms with Gasteiger partial charge in [-0.3, -0.25) is 9.69 Å². The Balaban J connectivity index is 2.12. The number of amides is 1. The van der Waals surface area contributed by atoms with Crippen LogP contribution in [0.5, 0.6) is 0 Å². The normalized spacial score (nSPS) is 15.6. The molecule has 4 nitrogen and oxygen atoms in total. The summed E-state index contributed by atoms with van der Waals surface area (Å²) in [5, 5.41) is 0. The fraction of sp³-hybridized carbons (Fsp3) is 0.143. The number of rotatable bonds is 4. The number of carbonyl (C=O) groups is 2. The topological polar surface area (TPSA) is 46.6 Å². The lowest BCUT2D eigenvalue weighted by Crippen LogP contribution is -2.24. The quantitative estimate of drug-likeness (QED) is 0.421. The zero-order valence-corrected chi connectivity index (χ0v) is 18.0. The molecule has 0 spiro atoms. The largest absolute Gasteiger partial charge is 0.462 e. The Kier molecular flexibility index (Phi) is 5.97. The molecule has 0 fully saturated rings. The van der Waals surface area contributed by atoms with E-state index in [4.69, 9.17) is 4.74 Å². The van der Waals surface area contributed by atoms with Gasteiger partial charge < -0.3 is 4.74 Å². The molecule has 0 atom stereocenters. The van der Waals surface area contributed by atoms with Crippen molar-refractivity contribution in [3.8, 4) is 0 Å². The van der Waals surface area contributed by atoms with Crippen molar-refractivity contribution >= 4 is 55.5 Å². The van der Waals surface area contributed by atoms with E-state index in [2.05, 4.69) is 31.9 Å². The number of carbonyl (C=O) groups excluding carboxylic acids is 2. The molecular weight excluding hydrogens is 474 g/mol. The van der Waals surface area contributed by atoms with Gasteiger partial charge in [-0.15, -0.1) is 0 Å². The van der Waals surface area contributed by atoms with E-state index in [9.17, 15) is 9.59 Å². The van der Waals surface area contributed by atoms with E-state index in [1.165, 1.54) is 0 Å². The van der Waals surface area contributed by atoms with E-state index in [1.54, 1.807) is 24.8 Å². The Morgan fingerprint density at radius 3 is 2.44 bits per heavy atom. The third-order valence-electron chi connectivity index (χ3n) is 4.12. The summed E-state index contributed by atoms with van der Waals surface area (Å²) >= 11 is 6.83. The summed E-state index contributed by atoms with van der Waals surface area (Å²) in [5.74, 6) is -0.748. The number of benzene rings is 2. The fourth-order valence-electron chi connectivity index (χ4n) is 2.95. The molecule has 0 radical (unpaired) electrons. The number of halogens is 2. The summed E-state index contributed by atoms with van der Waals surface area (Å²) < 4.78 is 7.01. The van der Waals surface area contributed by atoms with Crippen LogP contribution in [0.1, 0.15) is 19.4 Å². The van der Waals surface area contributed by atoms with Crippen LogP contribution in [0, 0.1) is 0 Å². The summed E-state index contributed by atoms with van der Waals surface area (Å²) in [5.41, 5.74) is 2.69. The molecule has 3 rings (SSSR count). The van der Waals surface area contributed by atoms with Crippen LogP contribution in [-0.4, -0.2) is 18.5 Å². The second kappa shape index (κ2) is 8.23.